The minimum atomic E-state index is -5.16. The van der Waals surface area contributed by atoms with Crippen molar-refractivity contribution in [3.8, 4) is 5.75 Å². The Labute approximate surface area is 245 Å². The van der Waals surface area contributed by atoms with Crippen molar-refractivity contribution in [3.05, 3.63) is 95.2 Å². The van der Waals surface area contributed by atoms with Gasteiger partial charge in [0.15, 0.2) is 5.75 Å². The Morgan fingerprint density at radius 2 is 1.44 bits per heavy atom. The molecule has 0 atom stereocenters. The number of carbonyl (C=O) groups is 2. The molecule has 9 nitrogen and oxygen atoms in total. The van der Waals surface area contributed by atoms with Crippen LogP contribution in [-0.4, -0.2) is 67.6 Å². The number of ether oxygens (including phenoxy) is 1. The predicted molar refractivity (Wildman–Crippen MR) is 153 cm³/mol. The van der Waals surface area contributed by atoms with Gasteiger partial charge in [0, 0.05) is 48.9 Å². The number of benzene rings is 3. The molecule has 0 radical (unpaired) electrons. The topological polar surface area (TPSA) is 109 Å². The van der Waals surface area contributed by atoms with Gasteiger partial charge in [-0.25, -0.2) is 8.42 Å². The Morgan fingerprint density at radius 1 is 0.837 bits per heavy atom. The summed E-state index contributed by atoms with van der Waals surface area (Å²) in [4.78, 5) is 33.1. The van der Waals surface area contributed by atoms with E-state index in [1.165, 1.54) is 29.3 Å². The first-order chi connectivity index (χ1) is 20.3. The number of aromatic nitrogens is 1. The maximum Gasteiger partial charge on any atom is 0.573 e. The van der Waals surface area contributed by atoms with Gasteiger partial charge in [0.05, 0.1) is 11.2 Å². The molecule has 3 aromatic carbocycles. The number of carbonyl (C=O) groups excluding carboxylic acids is 2. The zero-order chi connectivity index (χ0) is 30.9. The summed E-state index contributed by atoms with van der Waals surface area (Å²) in [6.07, 6.45) is -3.76. The van der Waals surface area contributed by atoms with Gasteiger partial charge in [0.2, 0.25) is 0 Å². The Balaban J connectivity index is 1.35. The van der Waals surface area contributed by atoms with Crippen molar-refractivity contribution in [3.63, 3.8) is 0 Å². The third-order valence-electron chi connectivity index (χ3n) is 6.91. The summed E-state index contributed by atoms with van der Waals surface area (Å²) in [5, 5.41) is 0.522. The van der Waals surface area contributed by atoms with Gasteiger partial charge in [-0.15, -0.1) is 13.2 Å². The highest BCUT2D eigenvalue weighted by molar-refractivity contribution is 7.93. The third kappa shape index (κ3) is 6.72. The normalized spacial score (nSPS) is 14.1. The van der Waals surface area contributed by atoms with E-state index in [4.69, 9.17) is 0 Å². The lowest BCUT2D eigenvalue weighted by molar-refractivity contribution is -0.274. The molecule has 0 saturated carbocycles. The first kappa shape index (κ1) is 29.8. The first-order valence-corrected chi connectivity index (χ1v) is 14.7. The molecule has 0 spiro atoms. The van der Waals surface area contributed by atoms with Crippen molar-refractivity contribution in [2.45, 2.75) is 25.1 Å². The number of amides is 2. The zero-order valence-corrected chi connectivity index (χ0v) is 24.0. The molecule has 1 aliphatic heterocycles. The largest absolute Gasteiger partial charge is 0.573 e. The number of aryl methyl sites for hydroxylation is 2. The lowest BCUT2D eigenvalue weighted by Gasteiger charge is -2.35. The lowest BCUT2D eigenvalue weighted by Crippen LogP contribution is -2.50. The molecule has 4 aromatic rings. The molecule has 0 unspecified atom stereocenters. The fourth-order valence-corrected chi connectivity index (χ4v) is 6.27. The van der Waals surface area contributed by atoms with Gasteiger partial charge in [0.25, 0.3) is 21.8 Å². The second-order valence-corrected chi connectivity index (χ2v) is 11.8. The number of piperazine rings is 1. The molecule has 2 heterocycles. The monoisotopic (exact) mass is 612 g/mol. The third-order valence-corrected chi connectivity index (χ3v) is 8.30. The number of halogens is 3. The number of sulfonamides is 1. The van der Waals surface area contributed by atoms with Gasteiger partial charge in [-0.05, 0) is 56.3 Å². The second kappa shape index (κ2) is 11.6. The number of hydrogen-bond donors (Lipinski definition) is 1. The van der Waals surface area contributed by atoms with E-state index < -0.39 is 33.7 Å². The summed E-state index contributed by atoms with van der Waals surface area (Å²) in [7, 11) is -4.41. The van der Waals surface area contributed by atoms with E-state index in [0.717, 1.165) is 23.3 Å². The molecule has 2 amide bonds. The summed E-state index contributed by atoms with van der Waals surface area (Å²) >= 11 is 0. The number of rotatable bonds is 6. The summed E-state index contributed by atoms with van der Waals surface area (Å²) in [6.45, 7) is 4.59. The van der Waals surface area contributed by atoms with Crippen molar-refractivity contribution >= 4 is 38.4 Å². The van der Waals surface area contributed by atoms with Gasteiger partial charge in [-0.3, -0.25) is 19.3 Å². The second-order valence-electron chi connectivity index (χ2n) is 10.2. The lowest BCUT2D eigenvalue weighted by atomic mass is 10.1. The van der Waals surface area contributed by atoms with Gasteiger partial charge < -0.3 is 14.5 Å². The van der Waals surface area contributed by atoms with Gasteiger partial charge in [-0.2, -0.15) is 0 Å². The average molecular weight is 613 g/mol. The van der Waals surface area contributed by atoms with Crippen molar-refractivity contribution in [2.75, 3.05) is 30.9 Å². The van der Waals surface area contributed by atoms with Crippen LogP contribution in [0.2, 0.25) is 0 Å². The Hall–Kier alpha value is -4.65. The molecular formula is C30H27F3N4O5S. The van der Waals surface area contributed by atoms with E-state index >= 15 is 0 Å². The highest BCUT2D eigenvalue weighted by Gasteiger charge is 2.34. The number of para-hydroxylation sites is 1. The van der Waals surface area contributed by atoms with Crippen LogP contribution >= 0.6 is 0 Å². The van der Waals surface area contributed by atoms with Crippen LogP contribution in [0.25, 0.3) is 10.9 Å². The molecule has 1 saturated heterocycles. The average Bonchev–Trinajstić information content (AvgIpc) is 2.95. The van der Waals surface area contributed by atoms with E-state index in [1.54, 1.807) is 35.2 Å². The van der Waals surface area contributed by atoms with E-state index in [9.17, 15) is 31.2 Å². The van der Waals surface area contributed by atoms with Crippen molar-refractivity contribution in [1.29, 1.82) is 0 Å². The molecule has 5 rings (SSSR count). The quantitative estimate of drug-likeness (QED) is 0.323. The molecule has 1 aliphatic rings. The number of nitrogens with zero attached hydrogens (tertiary/aromatic N) is 3. The molecule has 1 N–H and O–H groups in total. The highest BCUT2D eigenvalue weighted by Crippen LogP contribution is 2.34. The van der Waals surface area contributed by atoms with Crippen LogP contribution in [0.5, 0.6) is 5.75 Å². The Kier molecular flexibility index (Phi) is 8.02. The molecule has 43 heavy (non-hydrogen) atoms. The van der Waals surface area contributed by atoms with Crippen molar-refractivity contribution in [2.24, 2.45) is 0 Å². The van der Waals surface area contributed by atoms with Gasteiger partial charge in [-0.1, -0.05) is 35.4 Å². The number of hydrogen-bond acceptors (Lipinski definition) is 6. The standard InChI is InChI=1S/C30H27F3N4O5S/c1-19-15-20(2)17-23(16-19)29(39)37-13-11-36(12-14-37)28(38)22-8-9-24(25(18-22)42-30(31,32)33)35-43(40,41)26-7-3-5-21-6-4-10-34-27(21)26/h3-10,15-18,35H,11-14H2,1-2H3. The smallest absolute Gasteiger partial charge is 0.404 e. The Bertz CT molecular complexity index is 1800. The molecule has 0 bridgehead atoms. The van der Waals surface area contributed by atoms with Crippen LogP contribution in [0.4, 0.5) is 18.9 Å². The van der Waals surface area contributed by atoms with Crippen LogP contribution in [0.3, 0.4) is 0 Å². The van der Waals surface area contributed by atoms with Crippen LogP contribution in [0, 0.1) is 13.8 Å². The molecule has 224 valence electrons. The summed E-state index contributed by atoms with van der Waals surface area (Å²) in [5.41, 5.74) is 1.94. The summed E-state index contributed by atoms with van der Waals surface area (Å²) in [6, 6.07) is 16.4. The van der Waals surface area contributed by atoms with Crippen molar-refractivity contribution < 1.29 is 35.9 Å². The summed E-state index contributed by atoms with van der Waals surface area (Å²) in [5.74, 6) is -1.64. The number of anilines is 1. The van der Waals surface area contributed by atoms with Crippen molar-refractivity contribution in [1.82, 2.24) is 14.8 Å². The van der Waals surface area contributed by atoms with E-state index in [0.29, 0.717) is 10.9 Å². The SMILES string of the molecule is Cc1cc(C)cc(C(=O)N2CCN(C(=O)c3ccc(NS(=O)(=O)c4cccc5cccnc45)c(OC(F)(F)F)c3)CC2)c1. The van der Waals surface area contributed by atoms with E-state index in [-0.39, 0.29) is 48.1 Å². The maximum atomic E-state index is 13.3. The number of pyridine rings is 1. The first-order valence-electron chi connectivity index (χ1n) is 13.2. The molecule has 13 heteroatoms. The minimum absolute atomic E-state index is 0.136. The minimum Gasteiger partial charge on any atom is -0.404 e. The maximum absolute atomic E-state index is 13.3. The number of nitrogens with one attached hydrogen (secondary N) is 1. The molecular weight excluding hydrogens is 585 g/mol. The molecule has 0 aliphatic carbocycles. The number of alkyl halides is 3. The van der Waals surface area contributed by atoms with Gasteiger partial charge in [0.1, 0.15) is 4.90 Å². The van der Waals surface area contributed by atoms with Gasteiger partial charge >= 0.3 is 6.36 Å². The highest BCUT2D eigenvalue weighted by atomic mass is 32.2. The number of fused-ring (bicyclic) bond motifs is 1. The predicted octanol–water partition coefficient (Wildman–Crippen LogP) is 5.15. The van der Waals surface area contributed by atoms with E-state index in [1.807, 2.05) is 19.9 Å². The molecule has 1 aromatic heterocycles. The van der Waals surface area contributed by atoms with Crippen LogP contribution in [0.15, 0.2) is 77.8 Å². The Morgan fingerprint density at radius 3 is 2.07 bits per heavy atom. The fourth-order valence-electron chi connectivity index (χ4n) is 5.02. The summed E-state index contributed by atoms with van der Waals surface area (Å²) < 4.78 is 72.8. The van der Waals surface area contributed by atoms with E-state index in [2.05, 4.69) is 14.4 Å². The fraction of sp³-hybridized carbons (Fsp3) is 0.233. The zero-order valence-electron chi connectivity index (χ0n) is 23.2. The van der Waals surface area contributed by atoms with Crippen LogP contribution in [0.1, 0.15) is 31.8 Å². The van der Waals surface area contributed by atoms with Crippen LogP contribution < -0.4 is 9.46 Å². The van der Waals surface area contributed by atoms with Crippen LogP contribution in [-0.2, 0) is 10.0 Å². The molecule has 1 fully saturated rings.